The Morgan fingerprint density at radius 2 is 1.84 bits per heavy atom. The van der Waals surface area contributed by atoms with Crippen LogP contribution in [0.25, 0.3) is 27.7 Å². The number of hydrogen-bond acceptors (Lipinski definition) is 4. The van der Waals surface area contributed by atoms with E-state index >= 15 is 0 Å². The molecule has 0 saturated heterocycles. The predicted molar refractivity (Wildman–Crippen MR) is 126 cm³/mol. The molecule has 0 spiro atoms. The zero-order chi connectivity index (χ0) is 22.2. The van der Waals surface area contributed by atoms with E-state index in [2.05, 4.69) is 6.58 Å². The summed E-state index contributed by atoms with van der Waals surface area (Å²) in [6.45, 7) is 8.44. The molecular weight excluding hydrogens is 400 g/mol. The normalized spacial score (nSPS) is 12.8. The number of ketones is 1. The van der Waals surface area contributed by atoms with Gasteiger partial charge in [0, 0.05) is 16.7 Å². The van der Waals surface area contributed by atoms with Gasteiger partial charge in [0.25, 0.3) is 0 Å². The summed E-state index contributed by atoms with van der Waals surface area (Å²) in [4.78, 5) is 13.6. The van der Waals surface area contributed by atoms with E-state index in [0.717, 1.165) is 22.1 Å². The summed E-state index contributed by atoms with van der Waals surface area (Å²) in [5.74, 6) is 1.93. The maximum atomic E-state index is 13.6. The molecular formula is C28H22O4. The summed E-state index contributed by atoms with van der Waals surface area (Å²) in [7, 11) is 0. The third kappa shape index (κ3) is 3.30. The third-order valence-electron chi connectivity index (χ3n) is 5.52. The van der Waals surface area contributed by atoms with Gasteiger partial charge in [-0.05, 0) is 55.3 Å². The van der Waals surface area contributed by atoms with Crippen LogP contribution < -0.4 is 9.47 Å². The Hall–Kier alpha value is -4.05. The number of furan rings is 1. The van der Waals surface area contributed by atoms with Crippen molar-refractivity contribution in [2.24, 2.45) is 0 Å². The van der Waals surface area contributed by atoms with E-state index in [4.69, 9.17) is 13.9 Å². The Morgan fingerprint density at radius 1 is 1.03 bits per heavy atom. The van der Waals surface area contributed by atoms with Crippen molar-refractivity contribution < 1.29 is 18.7 Å². The molecule has 32 heavy (non-hydrogen) atoms. The number of allylic oxidation sites excluding steroid dienone is 2. The Bertz CT molecular complexity index is 1390. The molecule has 0 atom stereocenters. The molecule has 4 nitrogen and oxygen atoms in total. The molecule has 0 amide bonds. The fourth-order valence-electron chi connectivity index (χ4n) is 4.12. The van der Waals surface area contributed by atoms with Crippen LogP contribution >= 0.6 is 0 Å². The summed E-state index contributed by atoms with van der Waals surface area (Å²) in [6, 6.07) is 20.8. The van der Waals surface area contributed by atoms with Gasteiger partial charge in [0.2, 0.25) is 5.78 Å². The van der Waals surface area contributed by atoms with Crippen molar-refractivity contribution in [1.82, 2.24) is 0 Å². The maximum Gasteiger partial charge on any atom is 0.229 e. The zero-order valence-corrected chi connectivity index (χ0v) is 18.0. The molecule has 0 unspecified atom stereocenters. The monoisotopic (exact) mass is 422 g/mol. The molecule has 4 aromatic rings. The first-order chi connectivity index (χ1) is 15.6. The van der Waals surface area contributed by atoms with Crippen LogP contribution in [0.3, 0.4) is 0 Å². The third-order valence-corrected chi connectivity index (χ3v) is 5.52. The van der Waals surface area contributed by atoms with Gasteiger partial charge in [-0.25, -0.2) is 0 Å². The van der Waals surface area contributed by atoms with E-state index in [-0.39, 0.29) is 11.5 Å². The maximum absolute atomic E-state index is 13.6. The Balaban J connectivity index is 1.78. The summed E-state index contributed by atoms with van der Waals surface area (Å²) in [6.07, 6.45) is 1.90. The Labute approximate surface area is 186 Å². The van der Waals surface area contributed by atoms with Gasteiger partial charge in [-0.2, -0.15) is 0 Å². The van der Waals surface area contributed by atoms with Crippen molar-refractivity contribution in [2.45, 2.75) is 13.8 Å². The van der Waals surface area contributed by atoms with Gasteiger partial charge in [-0.3, -0.25) is 4.79 Å². The fourth-order valence-corrected chi connectivity index (χ4v) is 4.12. The number of rotatable bonds is 5. The topological polar surface area (TPSA) is 48.7 Å². The molecule has 3 aromatic carbocycles. The van der Waals surface area contributed by atoms with E-state index in [1.807, 2.05) is 74.5 Å². The van der Waals surface area contributed by atoms with Crippen molar-refractivity contribution in [1.29, 1.82) is 0 Å². The minimum absolute atomic E-state index is 0.211. The minimum atomic E-state index is -0.211. The quantitative estimate of drug-likeness (QED) is 0.324. The average molecular weight is 422 g/mol. The van der Waals surface area contributed by atoms with Crippen LogP contribution in [0, 0.1) is 0 Å². The van der Waals surface area contributed by atoms with Crippen LogP contribution in [0.1, 0.15) is 35.5 Å². The number of fused-ring (bicyclic) bond motifs is 3. The Morgan fingerprint density at radius 3 is 2.62 bits per heavy atom. The first-order valence-electron chi connectivity index (χ1n) is 10.5. The van der Waals surface area contributed by atoms with E-state index in [9.17, 15) is 4.79 Å². The van der Waals surface area contributed by atoms with Crippen molar-refractivity contribution in [3.63, 3.8) is 0 Å². The van der Waals surface area contributed by atoms with Gasteiger partial charge >= 0.3 is 0 Å². The largest absolute Gasteiger partial charge is 0.494 e. The second-order valence-corrected chi connectivity index (χ2v) is 7.67. The summed E-state index contributed by atoms with van der Waals surface area (Å²) in [5.41, 5.74) is 4.70. The van der Waals surface area contributed by atoms with Crippen molar-refractivity contribution >= 4 is 22.3 Å². The van der Waals surface area contributed by atoms with E-state index in [1.165, 1.54) is 0 Å². The standard InChI is InChI=1S/C28H22O4/c1-4-30-21-12-8-11-20(16-21)26(29)28-24(19-9-6-5-7-10-19)25-23(32-28)14-13-22-17(2)15-18(3)31-27(22)25/h5-16H,3-4H2,1-2H3. The van der Waals surface area contributed by atoms with Gasteiger partial charge in [0.05, 0.1) is 12.0 Å². The summed E-state index contributed by atoms with van der Waals surface area (Å²) >= 11 is 0. The first-order valence-corrected chi connectivity index (χ1v) is 10.5. The molecule has 1 aliphatic rings. The average Bonchev–Trinajstić information content (AvgIpc) is 3.19. The van der Waals surface area contributed by atoms with Gasteiger partial charge in [-0.15, -0.1) is 0 Å². The van der Waals surface area contributed by atoms with E-state index < -0.39 is 0 Å². The molecule has 0 fully saturated rings. The lowest BCUT2D eigenvalue weighted by Gasteiger charge is -2.18. The van der Waals surface area contributed by atoms with Gasteiger partial charge in [0.15, 0.2) is 5.76 Å². The van der Waals surface area contributed by atoms with Crippen LogP contribution in [-0.2, 0) is 0 Å². The lowest BCUT2D eigenvalue weighted by molar-refractivity contribution is 0.101. The van der Waals surface area contributed by atoms with Gasteiger partial charge in [-0.1, -0.05) is 49.0 Å². The SMILES string of the molecule is C=C1C=C(C)c2ccc3oc(C(=O)c4cccc(OCC)c4)c(-c4ccccc4)c3c2O1. The lowest BCUT2D eigenvalue weighted by Crippen LogP contribution is -2.03. The molecule has 0 saturated carbocycles. The predicted octanol–water partition coefficient (Wildman–Crippen LogP) is 7.04. The highest BCUT2D eigenvalue weighted by Crippen LogP contribution is 2.46. The fraction of sp³-hybridized carbons (Fsp3) is 0.107. The number of benzene rings is 3. The van der Waals surface area contributed by atoms with Crippen molar-refractivity contribution in [2.75, 3.05) is 6.61 Å². The highest BCUT2D eigenvalue weighted by molar-refractivity contribution is 6.17. The van der Waals surface area contributed by atoms with Crippen LogP contribution in [0.15, 0.2) is 89.6 Å². The minimum Gasteiger partial charge on any atom is -0.494 e. The molecule has 0 N–H and O–H groups in total. The van der Waals surface area contributed by atoms with Gasteiger partial charge in [0.1, 0.15) is 22.8 Å². The molecule has 1 aliphatic heterocycles. The van der Waals surface area contributed by atoms with E-state index in [1.54, 1.807) is 12.1 Å². The molecule has 0 radical (unpaired) electrons. The lowest BCUT2D eigenvalue weighted by atomic mass is 9.94. The van der Waals surface area contributed by atoms with Crippen molar-refractivity contribution in [3.8, 4) is 22.6 Å². The highest BCUT2D eigenvalue weighted by atomic mass is 16.5. The molecule has 5 rings (SSSR count). The molecule has 2 heterocycles. The summed E-state index contributed by atoms with van der Waals surface area (Å²) in [5, 5.41) is 0.770. The molecule has 1 aromatic heterocycles. The highest BCUT2D eigenvalue weighted by Gasteiger charge is 2.28. The number of carbonyl (C=O) groups is 1. The van der Waals surface area contributed by atoms with Crippen LogP contribution in [-0.4, -0.2) is 12.4 Å². The smallest absolute Gasteiger partial charge is 0.229 e. The molecule has 4 heteroatoms. The Kier molecular flexibility index (Phi) is 4.91. The number of carbonyl (C=O) groups excluding carboxylic acids is 1. The van der Waals surface area contributed by atoms with Crippen molar-refractivity contribution in [3.05, 3.63) is 102 Å². The molecule has 0 bridgehead atoms. The zero-order valence-electron chi connectivity index (χ0n) is 18.0. The second kappa shape index (κ2) is 7.89. The van der Waals surface area contributed by atoms with Gasteiger partial charge < -0.3 is 13.9 Å². The van der Waals surface area contributed by atoms with Crippen LogP contribution in [0.2, 0.25) is 0 Å². The van der Waals surface area contributed by atoms with Crippen LogP contribution in [0.4, 0.5) is 0 Å². The summed E-state index contributed by atoms with van der Waals surface area (Å²) < 4.78 is 17.8. The number of ether oxygens (including phenoxy) is 2. The molecule has 158 valence electrons. The number of hydrogen-bond donors (Lipinski definition) is 0. The van der Waals surface area contributed by atoms with Crippen LogP contribution in [0.5, 0.6) is 11.5 Å². The van der Waals surface area contributed by atoms with E-state index in [0.29, 0.717) is 40.6 Å². The molecule has 0 aliphatic carbocycles. The second-order valence-electron chi connectivity index (χ2n) is 7.67. The first kappa shape index (κ1) is 19.9.